The van der Waals surface area contributed by atoms with Crippen molar-refractivity contribution in [2.24, 2.45) is 35.3 Å². The van der Waals surface area contributed by atoms with Crippen molar-refractivity contribution >= 4 is 17.8 Å². The monoisotopic (exact) mass is 593 g/mol. The Balaban J connectivity index is 5.02. The number of primary amides is 1. The summed E-state index contributed by atoms with van der Waals surface area (Å²) in [5.41, 5.74) is 6.29. The van der Waals surface area contributed by atoms with Crippen molar-refractivity contribution in [2.45, 2.75) is 105 Å². The van der Waals surface area contributed by atoms with Gasteiger partial charge < -0.3 is 30.5 Å². The molecule has 0 fully saturated rings. The van der Waals surface area contributed by atoms with Gasteiger partial charge in [-0.15, -0.1) is 0 Å². The Morgan fingerprint density at radius 2 is 1.52 bits per heavy atom. The van der Waals surface area contributed by atoms with Crippen molar-refractivity contribution < 1.29 is 39.2 Å². The van der Waals surface area contributed by atoms with E-state index in [1.807, 2.05) is 53.7 Å². The average molecular weight is 594 g/mol. The zero-order valence-electron chi connectivity index (χ0n) is 26.6. The third kappa shape index (κ3) is 16.0. The number of aliphatic hydroxyl groups is 3. The molecule has 0 aliphatic carbocycles. The number of ketones is 1. The molecule has 9 atom stereocenters. The molecule has 0 heterocycles. The predicted octanol–water partition coefficient (Wildman–Crippen LogP) is 5.04. The molecule has 1 amide bonds. The summed E-state index contributed by atoms with van der Waals surface area (Å²) in [6.07, 6.45) is 7.75. The summed E-state index contributed by atoms with van der Waals surface area (Å²) < 4.78 is 10.2. The van der Waals surface area contributed by atoms with Crippen LogP contribution in [-0.4, -0.2) is 64.2 Å². The molecule has 9 nitrogen and oxygen atoms in total. The van der Waals surface area contributed by atoms with E-state index in [1.54, 1.807) is 25.2 Å². The summed E-state index contributed by atoms with van der Waals surface area (Å²) >= 11 is 0. The Morgan fingerprint density at radius 3 is 2.10 bits per heavy atom. The van der Waals surface area contributed by atoms with Crippen molar-refractivity contribution in [1.29, 1.82) is 0 Å². The van der Waals surface area contributed by atoms with Crippen molar-refractivity contribution in [1.82, 2.24) is 0 Å². The molecule has 0 aromatic carbocycles. The smallest absolute Gasteiger partial charge is 0.404 e. The lowest BCUT2D eigenvalue weighted by atomic mass is 9.81. The van der Waals surface area contributed by atoms with Gasteiger partial charge in [-0.2, -0.15) is 0 Å². The van der Waals surface area contributed by atoms with Crippen LogP contribution >= 0.6 is 0 Å². The molecule has 0 bridgehead atoms. The Kier molecular flexibility index (Phi) is 19.6. The van der Waals surface area contributed by atoms with Crippen LogP contribution in [0, 0.1) is 29.6 Å². The molecule has 0 rings (SSSR count). The molecule has 0 radical (unpaired) electrons. The molecular formula is C33H55NO8. The van der Waals surface area contributed by atoms with Crippen molar-refractivity contribution in [3.05, 3.63) is 48.6 Å². The van der Waals surface area contributed by atoms with E-state index in [0.717, 1.165) is 5.57 Å². The lowest BCUT2D eigenvalue weighted by Crippen LogP contribution is -2.41. The van der Waals surface area contributed by atoms with Gasteiger partial charge in [-0.1, -0.05) is 83.2 Å². The van der Waals surface area contributed by atoms with Gasteiger partial charge in [0.05, 0.1) is 24.9 Å². The van der Waals surface area contributed by atoms with Crippen LogP contribution in [-0.2, 0) is 19.1 Å². The maximum atomic E-state index is 12.1. The second-order valence-corrected chi connectivity index (χ2v) is 11.5. The summed E-state index contributed by atoms with van der Waals surface area (Å²) in [6, 6.07) is 0. The van der Waals surface area contributed by atoms with E-state index in [2.05, 4.69) is 6.58 Å². The first-order chi connectivity index (χ1) is 19.6. The summed E-state index contributed by atoms with van der Waals surface area (Å²) in [4.78, 5) is 35.0. The number of carbonyl (C=O) groups is 3. The predicted molar refractivity (Wildman–Crippen MR) is 165 cm³/mol. The largest absolute Gasteiger partial charge is 0.466 e. The summed E-state index contributed by atoms with van der Waals surface area (Å²) in [6.45, 7) is 17.0. The lowest BCUT2D eigenvalue weighted by molar-refractivity contribution is -0.143. The molecular weight excluding hydrogens is 538 g/mol. The molecule has 0 aliphatic heterocycles. The Labute approximate surface area is 252 Å². The van der Waals surface area contributed by atoms with Gasteiger partial charge in [-0.05, 0) is 32.6 Å². The fourth-order valence-electron chi connectivity index (χ4n) is 5.11. The molecule has 0 spiro atoms. The molecule has 0 aromatic heterocycles. The van der Waals surface area contributed by atoms with E-state index in [-0.39, 0.29) is 60.6 Å². The van der Waals surface area contributed by atoms with Crippen molar-refractivity contribution in [3.8, 4) is 0 Å². The van der Waals surface area contributed by atoms with Gasteiger partial charge in [0.1, 0.15) is 11.9 Å². The van der Waals surface area contributed by atoms with Crippen LogP contribution in [0.2, 0.25) is 0 Å². The van der Waals surface area contributed by atoms with Crippen LogP contribution in [0.15, 0.2) is 48.6 Å². The number of esters is 1. The maximum Gasteiger partial charge on any atom is 0.404 e. The number of allylic oxidation sites excluding steroid dienone is 3. The summed E-state index contributed by atoms with van der Waals surface area (Å²) in [5, 5.41) is 32.2. The standard InChI is InChI=1S/C33H55NO8/c1-9-11-13-23(5)32(42-33(34)40)26(8)31(39)25(7)19-21(3)18-24(6)30(38)22(4)16-17-28(36)20-27(35)14-12-15-29(37)41-10-2/h9,11,13,16-18,22-26,28,30-32,36,38-39H,1,10,12,14-15,19-20H2,2-8H3,(H2,34,40)/b13-11-,17-16-,21-18-/t22?,23-,24?,25-,26-,28+,30?,31+,32-/m0/s1. The first-order valence-electron chi connectivity index (χ1n) is 15.0. The SMILES string of the molecule is C=C/C=C\[C@H](C)[C@H](OC(N)=O)[C@@H](C)[C@H](O)[C@@H](C)C/C(C)=C\C(C)C(O)C(C)/C=C\[C@@H](O)CC(=O)CCCC(=O)OCC. The van der Waals surface area contributed by atoms with Crippen LogP contribution in [0.4, 0.5) is 4.79 Å². The molecule has 42 heavy (non-hydrogen) atoms. The second kappa shape index (κ2) is 21.0. The number of aliphatic hydroxyl groups excluding tert-OH is 3. The minimum absolute atomic E-state index is 0.0516. The number of carbonyl (C=O) groups excluding carboxylic acids is 3. The van der Waals surface area contributed by atoms with Crippen LogP contribution in [0.1, 0.15) is 80.6 Å². The second-order valence-electron chi connectivity index (χ2n) is 11.5. The van der Waals surface area contributed by atoms with Crippen molar-refractivity contribution in [3.63, 3.8) is 0 Å². The highest BCUT2D eigenvalue weighted by Gasteiger charge is 2.33. The molecule has 5 N–H and O–H groups in total. The van der Waals surface area contributed by atoms with Crippen LogP contribution < -0.4 is 5.73 Å². The zero-order valence-corrected chi connectivity index (χ0v) is 26.6. The number of hydrogen-bond acceptors (Lipinski definition) is 8. The van der Waals surface area contributed by atoms with Gasteiger partial charge in [-0.25, -0.2) is 4.79 Å². The van der Waals surface area contributed by atoms with E-state index in [9.17, 15) is 29.7 Å². The molecule has 0 aliphatic rings. The summed E-state index contributed by atoms with van der Waals surface area (Å²) in [5.74, 6) is -1.68. The van der Waals surface area contributed by atoms with Gasteiger partial charge in [0, 0.05) is 42.9 Å². The first kappa shape index (κ1) is 39.2. The average Bonchev–Trinajstić information content (AvgIpc) is 2.91. The number of rotatable bonds is 21. The topological polar surface area (TPSA) is 156 Å². The minimum atomic E-state index is -0.969. The van der Waals surface area contributed by atoms with Crippen molar-refractivity contribution in [2.75, 3.05) is 6.61 Å². The number of ether oxygens (including phenoxy) is 2. The minimum Gasteiger partial charge on any atom is -0.466 e. The Morgan fingerprint density at radius 1 is 0.881 bits per heavy atom. The van der Waals surface area contributed by atoms with Gasteiger partial charge in [-0.3, -0.25) is 9.59 Å². The van der Waals surface area contributed by atoms with E-state index < -0.39 is 30.5 Å². The van der Waals surface area contributed by atoms with E-state index in [0.29, 0.717) is 19.4 Å². The Bertz CT molecular complexity index is 927. The number of amides is 1. The van der Waals surface area contributed by atoms with Gasteiger partial charge in [0.15, 0.2) is 0 Å². The number of nitrogens with two attached hydrogens (primary N) is 1. The third-order valence-electron chi connectivity index (χ3n) is 7.45. The van der Waals surface area contributed by atoms with Gasteiger partial charge >= 0.3 is 12.1 Å². The quantitative estimate of drug-likeness (QED) is 0.0819. The highest BCUT2D eigenvalue weighted by atomic mass is 16.6. The fraction of sp³-hybridized carbons (Fsp3) is 0.667. The first-order valence-corrected chi connectivity index (χ1v) is 15.0. The normalized spacial score (nSPS) is 18.9. The number of hydrogen-bond donors (Lipinski definition) is 4. The lowest BCUT2D eigenvalue weighted by Gasteiger charge is -2.33. The van der Waals surface area contributed by atoms with E-state index in [1.165, 1.54) is 6.08 Å². The fourth-order valence-corrected chi connectivity index (χ4v) is 5.11. The van der Waals surface area contributed by atoms with Crippen LogP contribution in [0.25, 0.3) is 0 Å². The molecule has 3 unspecified atom stereocenters. The van der Waals surface area contributed by atoms with E-state index in [4.69, 9.17) is 15.2 Å². The highest BCUT2D eigenvalue weighted by Crippen LogP contribution is 2.29. The molecule has 0 aromatic rings. The highest BCUT2D eigenvalue weighted by molar-refractivity contribution is 5.79. The zero-order chi connectivity index (χ0) is 32.4. The Hall–Kier alpha value is -2.75. The maximum absolute atomic E-state index is 12.1. The van der Waals surface area contributed by atoms with Crippen LogP contribution in [0.5, 0.6) is 0 Å². The third-order valence-corrected chi connectivity index (χ3v) is 7.45. The number of Topliss-reactive ketones (excluding diaryl/α,β-unsaturated/α-hetero) is 1. The van der Waals surface area contributed by atoms with E-state index >= 15 is 0 Å². The molecule has 0 saturated heterocycles. The summed E-state index contributed by atoms with van der Waals surface area (Å²) in [7, 11) is 0. The van der Waals surface area contributed by atoms with Gasteiger partial charge in [0.25, 0.3) is 0 Å². The molecule has 0 saturated carbocycles. The van der Waals surface area contributed by atoms with Gasteiger partial charge in [0.2, 0.25) is 0 Å². The van der Waals surface area contributed by atoms with Crippen LogP contribution in [0.3, 0.4) is 0 Å². The molecule has 240 valence electrons. The molecule has 9 heteroatoms.